The van der Waals surface area contributed by atoms with Crippen molar-refractivity contribution in [2.24, 2.45) is 59.0 Å². The smallest absolute Gasteiger partial charge is 0.310 e. The molecule has 0 aromatic carbocycles. The van der Waals surface area contributed by atoms with Gasteiger partial charge in [-0.25, -0.2) is 4.13 Å². The van der Waals surface area contributed by atoms with Crippen LogP contribution in [0.2, 0.25) is 0 Å². The Bertz CT molecular complexity index is 3390. The molecule has 0 radical (unpaired) electrons. The predicted molar refractivity (Wildman–Crippen MR) is 427 cm³/mol. The maximum absolute atomic E-state index is 12.9. The van der Waals surface area contributed by atoms with Crippen LogP contribution in [0.15, 0.2) is 0 Å². The Balaban J connectivity index is 0.000000387. The molecule has 15 amide bonds. The first-order valence-corrected chi connectivity index (χ1v) is 44.0. The number of esters is 3. The summed E-state index contributed by atoms with van der Waals surface area (Å²) in [6.45, 7) is 7.27. The standard InChI is InChI=1S/C45H66N10O14S2.C22H33N5O7S.C4H12N2S2.H2/c1-68-44(66)32-19-38(60)52(25-32)9-5-48-40(62)28-15-34(56)50(21-28)7-3-46-42(64)30-17-36(58)54(23-30)11-13-70-27-71-14-12-55-24-31(18-37(55)59)43(65)47-4-8-51-22-29(16-35(51)57)41(63)49-6-10-53-26-33(20-39(53)61)45(67)69-2;1-34-22(33)16-10-19(30)26(13-16)5-3-24-20(31)14-8-17(28)25(11-14)4-2-23-21(32)15-9-18(29)27(12-15)6-7-35;1-8(2)6-7-4-3-5;/h28-33H,3-27H2,1-2H3,(H,46,64)(H,47,65)(H,48,62)(H,49,63);14-16,35H,2-13H2,1H3,(H,23,32)(H,24,31);6H,1,3-5H2,2H3;1H. The SMILES string of the molecule is C=S(C)NSCCN.COC(=O)C1CC(=O)N(CCNC(=O)C2CC(=O)N(CCNC(=O)C3CC(=O)N(CCS)C3)C2)C1.COC(=O)C1CC(=O)N(CCNC(=O)C2CC(=O)N(CCNC(=O)C3CC(=O)N(CCSCSCCN4CC(C(=O)NCCN5CC(C(=O)NCCN6CC(C(=O)OC)CC6=O)CC5=O)CC4=O)C3)C2)C1.[HH]. The van der Waals surface area contributed by atoms with Gasteiger partial charge in [0.1, 0.15) is 0 Å². The van der Waals surface area contributed by atoms with Crippen LogP contribution in [0.4, 0.5) is 0 Å². The van der Waals surface area contributed by atoms with Crippen molar-refractivity contribution in [1.29, 1.82) is 0 Å². The van der Waals surface area contributed by atoms with Crippen molar-refractivity contribution in [2.75, 3.05) is 219 Å². The molecule has 10 unspecified atom stereocenters. The van der Waals surface area contributed by atoms with Gasteiger partial charge in [0.2, 0.25) is 88.6 Å². The maximum Gasteiger partial charge on any atom is 0.310 e. The van der Waals surface area contributed by atoms with Gasteiger partial charge in [0, 0.05) is 251 Å². The molecule has 0 saturated carbocycles. The van der Waals surface area contributed by atoms with Crippen LogP contribution in [-0.2, 0) is 101 Å². The van der Waals surface area contributed by atoms with Crippen molar-refractivity contribution in [2.45, 2.75) is 57.8 Å². The number of thioether (sulfide) groups is 2. The summed E-state index contributed by atoms with van der Waals surface area (Å²) in [7, 11) is 3.92. The number of hydrogen-bond donors (Lipinski definition) is 9. The third-order valence-corrected chi connectivity index (χ3v) is 25.3. The first kappa shape index (κ1) is 93.2. The highest BCUT2D eigenvalue weighted by molar-refractivity contribution is 8.21. The molecule has 0 spiro atoms. The highest BCUT2D eigenvalue weighted by Gasteiger charge is 2.43. The predicted octanol–water partition coefficient (Wildman–Crippen LogP) is -5.15. The largest absolute Gasteiger partial charge is 0.469 e. The summed E-state index contributed by atoms with van der Waals surface area (Å²) < 4.78 is 17.2. The van der Waals surface area contributed by atoms with Crippen molar-refractivity contribution in [3.8, 4) is 0 Å². The van der Waals surface area contributed by atoms with Gasteiger partial charge >= 0.3 is 17.9 Å². The fourth-order valence-electron chi connectivity index (χ4n) is 14.5. The molecule has 10 atom stereocenters. The van der Waals surface area contributed by atoms with Gasteiger partial charge in [-0.05, 0) is 6.26 Å². The zero-order valence-corrected chi connectivity index (χ0v) is 69.4. The molecular weight excluding hydrogens is 1590 g/mol. The Kier molecular flexibility index (Phi) is 38.6. The van der Waals surface area contributed by atoms with E-state index < -0.39 is 71.2 Å². The van der Waals surface area contributed by atoms with Gasteiger partial charge in [0.05, 0.1) is 74.6 Å². The Hall–Kier alpha value is -8.00. The number of nitrogens with one attached hydrogen (secondary N) is 7. The second-order valence-corrected chi connectivity index (χ2v) is 34.7. The number of methoxy groups -OCH3 is 3. The van der Waals surface area contributed by atoms with Crippen molar-refractivity contribution < 1.29 is 102 Å². The third-order valence-electron chi connectivity index (χ3n) is 20.8. The molecular formula is C71H113N17O21S5. The van der Waals surface area contributed by atoms with Gasteiger partial charge in [-0.2, -0.15) is 12.6 Å². The average molecular weight is 1700 g/mol. The number of nitrogens with two attached hydrogens (primary N) is 1. The molecule has 9 aliphatic heterocycles. The minimum Gasteiger partial charge on any atom is -0.469 e. The van der Waals surface area contributed by atoms with Crippen LogP contribution < -0.4 is 41.8 Å². The number of rotatable bonds is 41. The van der Waals surface area contributed by atoms with Crippen molar-refractivity contribution >= 4 is 171 Å². The number of ether oxygens (including phenoxy) is 3. The van der Waals surface area contributed by atoms with Gasteiger partial charge in [-0.1, -0.05) is 17.8 Å². The van der Waals surface area contributed by atoms with Crippen LogP contribution in [0, 0.1) is 53.3 Å². The topological polar surface area (TPSA) is 474 Å². The third kappa shape index (κ3) is 28.7. The second-order valence-electron chi connectivity index (χ2n) is 29.0. The van der Waals surface area contributed by atoms with Crippen LogP contribution in [0.5, 0.6) is 0 Å². The Morgan fingerprint density at radius 1 is 0.368 bits per heavy atom. The number of nitrogens with zero attached hydrogens (tertiary/aromatic N) is 9. The van der Waals surface area contributed by atoms with E-state index in [9.17, 15) is 86.3 Å². The summed E-state index contributed by atoms with van der Waals surface area (Å²) >= 11 is 9.04. The minimum atomic E-state index is -0.564. The molecule has 9 rings (SSSR count). The summed E-state index contributed by atoms with van der Waals surface area (Å²) in [5.41, 5.74) is 5.24. The molecule has 114 heavy (non-hydrogen) atoms. The fraction of sp³-hybridized carbons (Fsp3) is 0.732. The molecule has 0 aromatic heterocycles. The highest BCUT2D eigenvalue weighted by Crippen LogP contribution is 2.27. The van der Waals surface area contributed by atoms with Crippen molar-refractivity contribution in [1.82, 2.24) is 80.1 Å². The molecule has 638 valence electrons. The molecule has 9 N–H and O–H groups in total. The molecule has 43 heteroatoms. The normalized spacial score (nSPS) is 23.6. The van der Waals surface area contributed by atoms with Crippen LogP contribution in [0.25, 0.3) is 0 Å². The molecule has 0 bridgehead atoms. The number of likely N-dealkylation sites (tertiary alicyclic amines) is 9. The Morgan fingerprint density at radius 3 is 0.772 bits per heavy atom. The quantitative estimate of drug-likeness (QED) is 0.00526. The van der Waals surface area contributed by atoms with Crippen LogP contribution in [0.1, 0.15) is 59.2 Å². The monoisotopic (exact) mass is 1700 g/mol. The lowest BCUT2D eigenvalue weighted by molar-refractivity contribution is -0.145. The lowest BCUT2D eigenvalue weighted by Gasteiger charge is -2.19. The van der Waals surface area contributed by atoms with E-state index in [0.717, 1.165) is 17.4 Å². The van der Waals surface area contributed by atoms with E-state index in [2.05, 4.69) is 59.3 Å². The van der Waals surface area contributed by atoms with E-state index in [1.54, 1.807) is 55.1 Å². The molecule has 0 aliphatic carbocycles. The van der Waals surface area contributed by atoms with Gasteiger partial charge in [0.15, 0.2) is 0 Å². The van der Waals surface area contributed by atoms with Crippen molar-refractivity contribution in [3.63, 3.8) is 0 Å². The summed E-state index contributed by atoms with van der Waals surface area (Å²) in [6, 6.07) is 0. The molecule has 9 saturated heterocycles. The fourth-order valence-corrected chi connectivity index (χ4v) is 18.1. The highest BCUT2D eigenvalue weighted by atomic mass is 32.2. The van der Waals surface area contributed by atoms with Crippen LogP contribution >= 0.6 is 58.8 Å². The minimum absolute atomic E-state index is 0. The van der Waals surface area contributed by atoms with Gasteiger partial charge in [-0.15, -0.1) is 34.2 Å². The Morgan fingerprint density at radius 2 is 0.570 bits per heavy atom. The van der Waals surface area contributed by atoms with E-state index in [4.69, 9.17) is 15.2 Å². The van der Waals surface area contributed by atoms with Gasteiger partial charge in [-0.3, -0.25) is 86.3 Å². The van der Waals surface area contributed by atoms with E-state index in [0.29, 0.717) is 56.5 Å². The van der Waals surface area contributed by atoms with E-state index in [1.807, 2.05) is 6.26 Å². The van der Waals surface area contributed by atoms with Gasteiger partial charge < -0.3 is 95.9 Å². The summed E-state index contributed by atoms with van der Waals surface area (Å²) in [6.07, 6.45) is 2.81. The van der Waals surface area contributed by atoms with E-state index in [1.165, 1.54) is 45.8 Å². The van der Waals surface area contributed by atoms with Gasteiger partial charge in [0.25, 0.3) is 0 Å². The van der Waals surface area contributed by atoms with E-state index >= 15 is 0 Å². The summed E-state index contributed by atoms with van der Waals surface area (Å²) in [5.74, 6) is -2.27. The summed E-state index contributed by atoms with van der Waals surface area (Å²) in [4.78, 5) is 237. The summed E-state index contributed by atoms with van der Waals surface area (Å²) in [5, 5.41) is 17.5. The molecule has 0 aromatic rings. The zero-order chi connectivity index (χ0) is 83.1. The number of amides is 15. The second kappa shape index (κ2) is 47.3. The zero-order valence-electron chi connectivity index (χ0n) is 65.2. The van der Waals surface area contributed by atoms with Crippen molar-refractivity contribution in [3.05, 3.63) is 0 Å². The molecule has 9 fully saturated rings. The lowest BCUT2D eigenvalue weighted by Crippen LogP contribution is -2.40. The molecule has 38 nitrogen and oxygen atoms in total. The van der Waals surface area contributed by atoms with E-state index in [-0.39, 0.29) is 276 Å². The average Bonchev–Trinajstić information content (AvgIpc) is 1.71. The first-order valence-electron chi connectivity index (χ1n) is 38.2. The maximum atomic E-state index is 12.9. The first-order chi connectivity index (χ1) is 54.5. The van der Waals surface area contributed by atoms with Crippen LogP contribution in [-0.4, -0.2) is 376 Å². The number of thiol groups is 1. The number of hydrogen-bond acceptors (Lipinski definition) is 27. The number of carbonyl (C=O) groups is 18. The molecule has 9 aliphatic rings. The number of carbonyl (C=O) groups excluding carboxylic acids is 18. The van der Waals surface area contributed by atoms with Crippen LogP contribution in [0.3, 0.4) is 0 Å². The molecule has 9 heterocycles. The lowest BCUT2D eigenvalue weighted by atomic mass is 10.1. The Labute approximate surface area is 685 Å².